The molecule has 0 bridgehead atoms. The summed E-state index contributed by atoms with van der Waals surface area (Å²) in [7, 11) is 0.942. The van der Waals surface area contributed by atoms with Crippen LogP contribution in [0.1, 0.15) is 166 Å². The fraction of sp³-hybridized carbons (Fsp3) is 0.959. The van der Waals surface area contributed by atoms with E-state index >= 15 is 0 Å². The molecule has 0 spiro atoms. The maximum absolute atomic E-state index is 14.1. The van der Waals surface area contributed by atoms with Crippen molar-refractivity contribution in [1.29, 1.82) is 0 Å². The lowest BCUT2D eigenvalue weighted by atomic mass is 9.74. The van der Waals surface area contributed by atoms with E-state index in [2.05, 4.69) is 11.1 Å². The van der Waals surface area contributed by atoms with E-state index in [1.807, 2.05) is 25.9 Å². The Morgan fingerprint density at radius 3 is 1.85 bits per heavy atom. The van der Waals surface area contributed by atoms with Crippen molar-refractivity contribution in [2.24, 2.45) is 23.7 Å². The van der Waals surface area contributed by atoms with Gasteiger partial charge in [0, 0.05) is 37.3 Å². The lowest BCUT2D eigenvalue weighted by Gasteiger charge is -2.49. The van der Waals surface area contributed by atoms with E-state index in [-0.39, 0.29) is 38.0 Å². The van der Waals surface area contributed by atoms with Gasteiger partial charge in [-0.1, -0.05) is 92.4 Å². The Bertz CT molecular complexity index is 1600. The second kappa shape index (κ2) is 28.1. The van der Waals surface area contributed by atoms with Crippen LogP contribution in [0.25, 0.3) is 0 Å². The largest absolute Gasteiger partial charge is 0.459 e. The third-order valence-electron chi connectivity index (χ3n) is 14.6. The van der Waals surface area contributed by atoms with Crippen LogP contribution >= 0.6 is 0 Å². The van der Waals surface area contributed by atoms with Crippen LogP contribution in [0.5, 0.6) is 0 Å². The minimum absolute atomic E-state index is 0.0926. The van der Waals surface area contributed by atoms with Crippen LogP contribution in [0.4, 0.5) is 0 Å². The van der Waals surface area contributed by atoms with Gasteiger partial charge in [-0.25, -0.2) is 4.18 Å². The first kappa shape index (κ1) is 62.7. The highest BCUT2D eigenvalue weighted by Gasteiger charge is 2.53. The summed E-state index contributed by atoms with van der Waals surface area (Å²) in [6.45, 7) is 18.6. The number of unbranched alkanes of at least 4 members (excludes halogenated alkanes) is 9. The van der Waals surface area contributed by atoms with E-state index in [4.69, 9.17) is 33.0 Å². The van der Waals surface area contributed by atoms with Gasteiger partial charge in [-0.2, -0.15) is 8.42 Å². The summed E-state index contributed by atoms with van der Waals surface area (Å²) in [6, 6.07) is -0.324. The molecule has 18 unspecified atom stereocenters. The number of hydrogen-bond donors (Lipinski definition) is 6. The molecule has 68 heavy (non-hydrogen) atoms. The molecule has 0 aromatic carbocycles. The predicted molar refractivity (Wildman–Crippen MR) is 256 cm³/mol. The fourth-order valence-corrected chi connectivity index (χ4v) is 10.5. The number of likely N-dealkylation sites (N-methyl/N-ethyl adjacent to an activating group) is 1. The number of rotatable bonds is 19. The van der Waals surface area contributed by atoms with Crippen molar-refractivity contribution in [2.45, 2.75) is 250 Å². The van der Waals surface area contributed by atoms with Gasteiger partial charge in [0.1, 0.15) is 29.7 Å². The Kier molecular flexibility index (Phi) is 25.9. The van der Waals surface area contributed by atoms with Gasteiger partial charge in [-0.15, -0.1) is 0 Å². The van der Waals surface area contributed by atoms with Crippen LogP contribution in [-0.4, -0.2) is 167 Å². The van der Waals surface area contributed by atoms with E-state index in [1.165, 1.54) is 72.8 Å². The van der Waals surface area contributed by atoms with Crippen molar-refractivity contribution in [3.05, 3.63) is 0 Å². The average molecular weight is 1000 g/mol. The standard InChI is InChI=1S/C37H67NO13.C12H26O4S/c1-14-25-37(10,45)30(41)20(4)27(39)18(2)16-35(8,44)32(51-34-28(40)24(38(11)12)15-19(3)47-34)21(5)29(22(6)33(43)49-25)50-26-17-36(9,46-13)31(42)23(7)48-26;1-2-3-4-5-6-7-8-9-10-11-12-16-17(13,14)15/h18-26,28-32,34,40-42,44-45H,14-17H2,1-13H3;2-12H2,1H3,(H,13,14,15). The van der Waals surface area contributed by atoms with Crippen molar-refractivity contribution in [3.63, 3.8) is 0 Å². The normalized spacial score (nSPS) is 40.3. The summed E-state index contributed by atoms with van der Waals surface area (Å²) in [5.41, 5.74) is -4.84. The number of methoxy groups -OCH3 is 1. The third-order valence-corrected chi connectivity index (χ3v) is 15.0. The number of ether oxygens (including phenoxy) is 6. The van der Waals surface area contributed by atoms with Gasteiger partial charge in [-0.05, 0) is 81.3 Å². The van der Waals surface area contributed by atoms with Crippen LogP contribution in [0, 0.1) is 23.7 Å². The zero-order valence-electron chi connectivity index (χ0n) is 43.8. The van der Waals surface area contributed by atoms with Gasteiger partial charge in [0.15, 0.2) is 12.6 Å². The topological polar surface area (TPSA) is 258 Å². The number of nitrogens with zero attached hydrogens (tertiary/aromatic N) is 1. The SMILES string of the molecule is CCC1OC(=O)C(C)C(OC2CC(C)(OC)C(O)C(C)O2)C(C)C(OC2OC(C)CC(N(C)C)C2O)C(C)(O)CC(C)C(=O)C(C)C(O)C1(C)O.CCCCCCCCCCCCOS(=O)(=O)O. The molecule has 0 saturated carbocycles. The molecule has 19 heteroatoms. The maximum Gasteiger partial charge on any atom is 0.397 e. The Morgan fingerprint density at radius 1 is 0.779 bits per heavy atom. The second-order valence-corrected chi connectivity index (χ2v) is 22.0. The smallest absolute Gasteiger partial charge is 0.397 e. The van der Waals surface area contributed by atoms with Gasteiger partial charge in [0.25, 0.3) is 0 Å². The van der Waals surface area contributed by atoms with Crippen molar-refractivity contribution >= 4 is 22.2 Å². The first-order valence-corrected chi connectivity index (χ1v) is 26.5. The average Bonchev–Trinajstić information content (AvgIpc) is 3.26. The fourth-order valence-electron chi connectivity index (χ4n) is 10.2. The van der Waals surface area contributed by atoms with Gasteiger partial charge in [0.05, 0.1) is 54.2 Å². The highest BCUT2D eigenvalue weighted by atomic mass is 32.3. The van der Waals surface area contributed by atoms with E-state index in [1.54, 1.807) is 41.5 Å². The van der Waals surface area contributed by atoms with Gasteiger partial charge in [0.2, 0.25) is 0 Å². The monoisotopic (exact) mass is 1000 g/mol. The number of cyclic esters (lactones) is 1. The minimum Gasteiger partial charge on any atom is -0.459 e. The Hall–Kier alpha value is -1.43. The molecule has 6 N–H and O–H groups in total. The molecule has 3 saturated heterocycles. The Balaban J connectivity index is 0.000000789. The molecule has 402 valence electrons. The lowest BCUT2D eigenvalue weighted by Crippen LogP contribution is -2.61. The zero-order chi connectivity index (χ0) is 51.9. The maximum atomic E-state index is 14.1. The van der Waals surface area contributed by atoms with Crippen LogP contribution in [0.3, 0.4) is 0 Å². The molecule has 0 radical (unpaired) electrons. The Labute approximate surface area is 408 Å². The minimum atomic E-state index is -4.23. The molecule has 3 fully saturated rings. The van der Waals surface area contributed by atoms with Crippen molar-refractivity contribution < 1.29 is 80.7 Å². The highest BCUT2D eigenvalue weighted by molar-refractivity contribution is 7.80. The van der Waals surface area contributed by atoms with Crippen molar-refractivity contribution in [3.8, 4) is 0 Å². The quantitative estimate of drug-likeness (QED) is 0.0530. The molecule has 0 aliphatic carbocycles. The first-order valence-electron chi connectivity index (χ1n) is 25.2. The first-order chi connectivity index (χ1) is 31.5. The summed E-state index contributed by atoms with van der Waals surface area (Å²) < 4.78 is 70.0. The highest BCUT2D eigenvalue weighted by Crippen LogP contribution is 2.41. The van der Waals surface area contributed by atoms with Crippen LogP contribution < -0.4 is 0 Å². The van der Waals surface area contributed by atoms with Crippen LogP contribution in [-0.2, 0) is 52.6 Å². The number of ketones is 1. The molecule has 0 aromatic heterocycles. The van der Waals surface area contributed by atoms with Gasteiger partial charge >= 0.3 is 16.4 Å². The molecular formula is C49H93NO17S. The molecule has 0 amide bonds. The molecule has 18 nitrogen and oxygen atoms in total. The van der Waals surface area contributed by atoms with Gasteiger partial charge in [-0.3, -0.25) is 14.1 Å². The summed E-state index contributed by atoms with van der Waals surface area (Å²) in [5.74, 6) is -4.98. The number of hydrogen-bond acceptors (Lipinski definition) is 17. The molecular weight excluding hydrogens is 907 g/mol. The number of carbonyl (C=O) groups excluding carboxylic acids is 2. The van der Waals surface area contributed by atoms with Crippen molar-refractivity contribution in [1.82, 2.24) is 4.90 Å². The van der Waals surface area contributed by atoms with E-state index in [0.717, 1.165) is 12.8 Å². The number of esters is 1. The molecule has 3 aliphatic rings. The van der Waals surface area contributed by atoms with E-state index in [0.29, 0.717) is 12.8 Å². The van der Waals surface area contributed by atoms with Crippen LogP contribution in [0.15, 0.2) is 0 Å². The van der Waals surface area contributed by atoms with E-state index in [9.17, 15) is 43.5 Å². The second-order valence-electron chi connectivity index (χ2n) is 20.9. The number of aliphatic hydroxyl groups excluding tert-OH is 3. The molecule has 3 heterocycles. The number of carbonyl (C=O) groups is 2. The van der Waals surface area contributed by atoms with Gasteiger partial charge < -0.3 is 58.9 Å². The number of Topliss-reactive ketones (excluding diaryl/α,β-unsaturated/α-hetero) is 1. The van der Waals surface area contributed by atoms with E-state index < -0.39 is 118 Å². The molecule has 3 aliphatic heterocycles. The van der Waals surface area contributed by atoms with Crippen LogP contribution in [0.2, 0.25) is 0 Å². The zero-order valence-corrected chi connectivity index (χ0v) is 44.6. The lowest BCUT2D eigenvalue weighted by molar-refractivity contribution is -0.318. The summed E-state index contributed by atoms with van der Waals surface area (Å²) in [6.07, 6.45) is 2.14. The summed E-state index contributed by atoms with van der Waals surface area (Å²) in [5, 5.41) is 57.6. The molecule has 18 atom stereocenters. The van der Waals surface area contributed by atoms with Crippen molar-refractivity contribution in [2.75, 3.05) is 27.8 Å². The molecule has 3 rings (SSSR count). The Morgan fingerprint density at radius 2 is 1.34 bits per heavy atom. The summed E-state index contributed by atoms with van der Waals surface area (Å²) in [4.78, 5) is 29.8. The predicted octanol–water partition coefficient (Wildman–Crippen LogP) is 5.51. The third kappa shape index (κ3) is 18.3. The number of aliphatic hydroxyl groups is 5. The molecule has 0 aromatic rings. The summed E-state index contributed by atoms with van der Waals surface area (Å²) >= 11 is 0.